The van der Waals surface area contributed by atoms with Gasteiger partial charge in [-0.3, -0.25) is 4.79 Å². The number of carboxylic acids is 1. The molecule has 2 rings (SSSR count). The molecule has 0 spiro atoms. The number of nitrogens with one attached hydrogen (secondary N) is 1. The summed E-state index contributed by atoms with van der Waals surface area (Å²) in [4.78, 5) is 23.8. The number of aliphatic carboxylic acids is 1. The van der Waals surface area contributed by atoms with Crippen molar-refractivity contribution < 1.29 is 24.2 Å². The van der Waals surface area contributed by atoms with Crippen molar-refractivity contribution in [1.29, 1.82) is 0 Å². The van der Waals surface area contributed by atoms with Gasteiger partial charge in [0.05, 0.1) is 19.3 Å². The highest BCUT2D eigenvalue weighted by Gasteiger charge is 2.31. The first-order chi connectivity index (χ1) is 11.5. The first-order valence-corrected chi connectivity index (χ1v) is 8.29. The third kappa shape index (κ3) is 5.32. The van der Waals surface area contributed by atoms with E-state index in [4.69, 9.17) is 9.47 Å². The van der Waals surface area contributed by atoms with Crippen LogP contribution in [0.5, 0.6) is 0 Å². The first-order valence-electron chi connectivity index (χ1n) is 8.29. The third-order valence-corrected chi connectivity index (χ3v) is 4.02. The monoisotopic (exact) mass is 335 g/mol. The van der Waals surface area contributed by atoms with Gasteiger partial charge < -0.3 is 19.9 Å². The van der Waals surface area contributed by atoms with Gasteiger partial charge in [-0.2, -0.15) is 0 Å². The Balaban J connectivity index is 1.97. The third-order valence-electron chi connectivity index (χ3n) is 4.02. The molecule has 1 aromatic rings. The van der Waals surface area contributed by atoms with Crippen LogP contribution < -0.4 is 5.32 Å². The van der Waals surface area contributed by atoms with E-state index in [2.05, 4.69) is 5.32 Å². The second-order valence-electron chi connectivity index (χ2n) is 6.32. The SMILES string of the molecule is CC(C)OCc1ccc(C(=O)NC(C(=O)O)C2CCCOC2)cc1. The minimum atomic E-state index is -1.03. The van der Waals surface area contributed by atoms with Gasteiger partial charge >= 0.3 is 5.97 Å². The van der Waals surface area contributed by atoms with Crippen molar-refractivity contribution in [2.45, 2.75) is 45.4 Å². The van der Waals surface area contributed by atoms with E-state index in [-0.39, 0.29) is 17.9 Å². The minimum Gasteiger partial charge on any atom is -0.480 e. The van der Waals surface area contributed by atoms with Crippen molar-refractivity contribution in [3.05, 3.63) is 35.4 Å². The number of rotatable bonds is 7. The molecule has 1 saturated heterocycles. The molecule has 1 aliphatic heterocycles. The number of benzene rings is 1. The molecule has 6 nitrogen and oxygen atoms in total. The summed E-state index contributed by atoms with van der Waals surface area (Å²) in [6.45, 7) is 5.42. The number of hydrogen-bond acceptors (Lipinski definition) is 4. The van der Waals surface area contributed by atoms with Crippen LogP contribution in [0.25, 0.3) is 0 Å². The minimum absolute atomic E-state index is 0.141. The zero-order chi connectivity index (χ0) is 17.5. The fourth-order valence-electron chi connectivity index (χ4n) is 2.65. The zero-order valence-electron chi connectivity index (χ0n) is 14.2. The van der Waals surface area contributed by atoms with Crippen LogP contribution in [-0.2, 0) is 20.9 Å². The predicted octanol–water partition coefficient (Wildman–Crippen LogP) is 2.22. The lowest BCUT2D eigenvalue weighted by molar-refractivity contribution is -0.142. The predicted molar refractivity (Wildman–Crippen MR) is 88.8 cm³/mol. The van der Waals surface area contributed by atoms with Crippen molar-refractivity contribution in [2.75, 3.05) is 13.2 Å². The van der Waals surface area contributed by atoms with Crippen LogP contribution in [0, 0.1) is 5.92 Å². The normalized spacial score (nSPS) is 19.0. The summed E-state index contributed by atoms with van der Waals surface area (Å²) >= 11 is 0. The van der Waals surface area contributed by atoms with E-state index < -0.39 is 12.0 Å². The summed E-state index contributed by atoms with van der Waals surface area (Å²) in [5, 5.41) is 12.0. The van der Waals surface area contributed by atoms with Crippen LogP contribution in [0.3, 0.4) is 0 Å². The maximum Gasteiger partial charge on any atom is 0.326 e. The Morgan fingerprint density at radius 1 is 1.33 bits per heavy atom. The summed E-state index contributed by atoms with van der Waals surface area (Å²) < 4.78 is 10.8. The fraction of sp³-hybridized carbons (Fsp3) is 0.556. The molecular formula is C18H25NO5. The van der Waals surface area contributed by atoms with Crippen LogP contribution in [-0.4, -0.2) is 42.3 Å². The molecule has 2 N–H and O–H groups in total. The summed E-state index contributed by atoms with van der Waals surface area (Å²) in [5.41, 5.74) is 1.40. The van der Waals surface area contributed by atoms with E-state index in [1.165, 1.54) is 0 Å². The van der Waals surface area contributed by atoms with Gasteiger partial charge in [-0.05, 0) is 44.4 Å². The molecule has 0 radical (unpaired) electrons. The van der Waals surface area contributed by atoms with E-state index in [0.717, 1.165) is 18.4 Å². The Morgan fingerprint density at radius 2 is 2.04 bits per heavy atom. The fourth-order valence-corrected chi connectivity index (χ4v) is 2.65. The molecule has 132 valence electrons. The number of hydrogen-bond donors (Lipinski definition) is 2. The molecule has 0 bridgehead atoms. The van der Waals surface area contributed by atoms with Gasteiger partial charge in [0, 0.05) is 18.1 Å². The molecule has 1 amide bonds. The van der Waals surface area contributed by atoms with Crippen molar-refractivity contribution >= 4 is 11.9 Å². The Bertz CT molecular complexity index is 549. The molecule has 1 aromatic carbocycles. The molecule has 24 heavy (non-hydrogen) atoms. The number of carbonyl (C=O) groups is 2. The van der Waals surface area contributed by atoms with E-state index in [1.807, 2.05) is 26.0 Å². The van der Waals surface area contributed by atoms with E-state index in [0.29, 0.717) is 25.4 Å². The highest BCUT2D eigenvalue weighted by Crippen LogP contribution is 2.18. The van der Waals surface area contributed by atoms with Crippen molar-refractivity contribution in [3.63, 3.8) is 0 Å². The smallest absolute Gasteiger partial charge is 0.326 e. The maximum absolute atomic E-state index is 12.3. The Kier molecular flexibility index (Phi) is 6.75. The van der Waals surface area contributed by atoms with Gasteiger partial charge in [-0.25, -0.2) is 4.79 Å². The second-order valence-corrected chi connectivity index (χ2v) is 6.32. The summed E-state index contributed by atoms with van der Waals surface area (Å²) in [5.74, 6) is -1.61. The molecule has 1 aliphatic rings. The highest BCUT2D eigenvalue weighted by molar-refractivity contribution is 5.96. The quantitative estimate of drug-likeness (QED) is 0.798. The van der Waals surface area contributed by atoms with E-state index >= 15 is 0 Å². The van der Waals surface area contributed by atoms with Crippen LogP contribution in [0.15, 0.2) is 24.3 Å². The average Bonchev–Trinajstić information content (AvgIpc) is 2.58. The molecule has 2 unspecified atom stereocenters. The standard InChI is InChI=1S/C18H25NO5/c1-12(2)24-10-13-5-7-14(8-6-13)17(20)19-16(18(21)22)15-4-3-9-23-11-15/h5-8,12,15-16H,3-4,9-11H2,1-2H3,(H,19,20)(H,21,22). The Labute approximate surface area is 142 Å². The van der Waals surface area contributed by atoms with Crippen LogP contribution in [0.4, 0.5) is 0 Å². The maximum atomic E-state index is 12.3. The second kappa shape index (κ2) is 8.80. The van der Waals surface area contributed by atoms with E-state index in [9.17, 15) is 14.7 Å². The molecule has 1 heterocycles. The number of ether oxygens (including phenoxy) is 2. The van der Waals surface area contributed by atoms with Crippen LogP contribution >= 0.6 is 0 Å². The van der Waals surface area contributed by atoms with Crippen LogP contribution in [0.1, 0.15) is 42.6 Å². The van der Waals surface area contributed by atoms with Gasteiger partial charge in [0.1, 0.15) is 6.04 Å². The molecule has 0 aromatic heterocycles. The topological polar surface area (TPSA) is 84.9 Å². The number of carbonyl (C=O) groups excluding carboxylic acids is 1. The zero-order valence-corrected chi connectivity index (χ0v) is 14.2. The van der Waals surface area contributed by atoms with Gasteiger partial charge in [0.2, 0.25) is 0 Å². The molecule has 1 fully saturated rings. The van der Waals surface area contributed by atoms with Gasteiger partial charge in [-0.15, -0.1) is 0 Å². The lowest BCUT2D eigenvalue weighted by Gasteiger charge is -2.28. The van der Waals surface area contributed by atoms with Gasteiger partial charge in [-0.1, -0.05) is 12.1 Å². The largest absolute Gasteiger partial charge is 0.480 e. The first kappa shape index (κ1) is 18.4. The van der Waals surface area contributed by atoms with Crippen molar-refractivity contribution in [3.8, 4) is 0 Å². The summed E-state index contributed by atoms with van der Waals surface area (Å²) in [6, 6.07) is 6.07. The molecule has 6 heteroatoms. The molecule has 0 saturated carbocycles. The molecule has 2 atom stereocenters. The molecule has 0 aliphatic carbocycles. The molecular weight excluding hydrogens is 310 g/mol. The van der Waals surface area contributed by atoms with Gasteiger partial charge in [0.15, 0.2) is 0 Å². The summed E-state index contributed by atoms with van der Waals surface area (Å²) in [7, 11) is 0. The van der Waals surface area contributed by atoms with E-state index in [1.54, 1.807) is 12.1 Å². The van der Waals surface area contributed by atoms with Crippen molar-refractivity contribution in [2.24, 2.45) is 5.92 Å². The van der Waals surface area contributed by atoms with Gasteiger partial charge in [0.25, 0.3) is 5.91 Å². The average molecular weight is 335 g/mol. The lowest BCUT2D eigenvalue weighted by Crippen LogP contribution is -2.48. The Morgan fingerprint density at radius 3 is 2.58 bits per heavy atom. The lowest BCUT2D eigenvalue weighted by atomic mass is 9.93. The van der Waals surface area contributed by atoms with Crippen molar-refractivity contribution in [1.82, 2.24) is 5.32 Å². The van der Waals surface area contributed by atoms with Crippen LogP contribution in [0.2, 0.25) is 0 Å². The highest BCUT2D eigenvalue weighted by atomic mass is 16.5. The Hall–Kier alpha value is -1.92. The number of carboxylic acid groups (broad SMARTS) is 1. The number of amides is 1. The summed E-state index contributed by atoms with van der Waals surface area (Å²) in [6.07, 6.45) is 1.69.